The van der Waals surface area contributed by atoms with Crippen molar-refractivity contribution in [3.8, 4) is 0 Å². The van der Waals surface area contributed by atoms with Gasteiger partial charge in [-0.3, -0.25) is 0 Å². The fourth-order valence-electron chi connectivity index (χ4n) is 1.10. The van der Waals surface area contributed by atoms with Crippen molar-refractivity contribution < 1.29 is 13.2 Å². The maximum Gasteiger partial charge on any atom is 0.166 e. The predicted molar refractivity (Wildman–Crippen MR) is 69.4 cm³/mol. The lowest BCUT2D eigenvalue weighted by molar-refractivity contribution is 0.179. The number of sulfone groups is 1. The van der Waals surface area contributed by atoms with Gasteiger partial charge in [-0.1, -0.05) is 0 Å². The second-order valence-electron chi connectivity index (χ2n) is 3.74. The maximum absolute atomic E-state index is 10.8. The van der Waals surface area contributed by atoms with Crippen LogP contribution in [0.15, 0.2) is 0 Å². The molecule has 0 rings (SSSR count). The highest BCUT2D eigenvalue weighted by atomic mass is 32.2. The van der Waals surface area contributed by atoms with Gasteiger partial charge in [0.2, 0.25) is 0 Å². The standard InChI is InChI=1S/C9H20N2O3S2/c1-8(7-14-2)11-9(15)10-5-4-6-16(3,12)13/h8H,4-7H2,1-3H3,(H2,10,11,15). The number of ether oxygens (including phenoxy) is 1. The lowest BCUT2D eigenvalue weighted by Gasteiger charge is -2.15. The summed E-state index contributed by atoms with van der Waals surface area (Å²) in [6, 6.07) is 0.139. The van der Waals surface area contributed by atoms with Crippen LogP contribution in [0, 0.1) is 0 Å². The van der Waals surface area contributed by atoms with Crippen LogP contribution in [0.2, 0.25) is 0 Å². The van der Waals surface area contributed by atoms with Crippen molar-refractivity contribution in [1.29, 1.82) is 0 Å². The highest BCUT2D eigenvalue weighted by molar-refractivity contribution is 7.90. The monoisotopic (exact) mass is 268 g/mol. The second kappa shape index (κ2) is 7.81. The fraction of sp³-hybridized carbons (Fsp3) is 0.889. The van der Waals surface area contributed by atoms with Crippen molar-refractivity contribution in [1.82, 2.24) is 10.6 Å². The second-order valence-corrected chi connectivity index (χ2v) is 6.41. The van der Waals surface area contributed by atoms with Crippen LogP contribution < -0.4 is 10.6 Å². The summed E-state index contributed by atoms with van der Waals surface area (Å²) in [6.45, 7) is 3.08. The Morgan fingerprint density at radius 1 is 1.50 bits per heavy atom. The van der Waals surface area contributed by atoms with Crippen molar-refractivity contribution in [3.05, 3.63) is 0 Å². The van der Waals surface area contributed by atoms with Crippen molar-refractivity contribution in [3.63, 3.8) is 0 Å². The molecule has 0 amide bonds. The molecule has 0 aromatic carbocycles. The minimum absolute atomic E-state index is 0.139. The Labute approximate surface area is 103 Å². The molecule has 0 saturated heterocycles. The van der Waals surface area contributed by atoms with Crippen LogP contribution in [0.5, 0.6) is 0 Å². The minimum Gasteiger partial charge on any atom is -0.383 e. The van der Waals surface area contributed by atoms with Crippen LogP contribution >= 0.6 is 12.2 Å². The molecule has 0 aliphatic carbocycles. The molecule has 0 saturated carbocycles. The summed E-state index contributed by atoms with van der Waals surface area (Å²) in [4.78, 5) is 0. The average molecular weight is 268 g/mol. The number of hydrogen-bond acceptors (Lipinski definition) is 4. The van der Waals surface area contributed by atoms with Gasteiger partial charge in [-0.25, -0.2) is 8.42 Å². The van der Waals surface area contributed by atoms with Crippen LogP contribution in [0.25, 0.3) is 0 Å². The van der Waals surface area contributed by atoms with Crippen molar-refractivity contribution in [2.24, 2.45) is 0 Å². The largest absolute Gasteiger partial charge is 0.383 e. The molecule has 5 nitrogen and oxygen atoms in total. The number of methoxy groups -OCH3 is 1. The lowest BCUT2D eigenvalue weighted by Crippen LogP contribution is -2.42. The van der Waals surface area contributed by atoms with Crippen molar-refractivity contribution >= 4 is 27.2 Å². The highest BCUT2D eigenvalue weighted by Crippen LogP contribution is 1.87. The topological polar surface area (TPSA) is 67.4 Å². The Bertz CT molecular complexity index is 304. The molecule has 0 spiro atoms. The zero-order valence-corrected chi connectivity index (χ0v) is 11.6. The number of thiocarbonyl (C=S) groups is 1. The van der Waals surface area contributed by atoms with E-state index in [-0.39, 0.29) is 11.8 Å². The number of hydrogen-bond donors (Lipinski definition) is 2. The van der Waals surface area contributed by atoms with Gasteiger partial charge in [0.1, 0.15) is 9.84 Å². The zero-order chi connectivity index (χ0) is 12.6. The molecule has 0 aliphatic heterocycles. The average Bonchev–Trinajstić information content (AvgIpc) is 2.11. The SMILES string of the molecule is COCC(C)NC(=S)NCCCS(C)(=O)=O. The number of rotatable bonds is 7. The normalized spacial score (nSPS) is 13.2. The highest BCUT2D eigenvalue weighted by Gasteiger charge is 2.04. The molecular formula is C9H20N2O3S2. The maximum atomic E-state index is 10.8. The van der Waals surface area contributed by atoms with Crippen LogP contribution in [0.4, 0.5) is 0 Å². The third kappa shape index (κ3) is 10.1. The first kappa shape index (κ1) is 15.6. The summed E-state index contributed by atoms with van der Waals surface area (Å²) in [7, 11) is -1.25. The predicted octanol–water partition coefficient (Wildman–Crippen LogP) is -0.0799. The Morgan fingerprint density at radius 2 is 2.12 bits per heavy atom. The molecule has 96 valence electrons. The molecule has 2 N–H and O–H groups in total. The van der Waals surface area contributed by atoms with Gasteiger partial charge in [0, 0.05) is 26.0 Å². The number of nitrogens with one attached hydrogen (secondary N) is 2. The first-order valence-electron chi connectivity index (χ1n) is 5.06. The summed E-state index contributed by atoms with van der Waals surface area (Å²) < 4.78 is 26.6. The van der Waals surface area contributed by atoms with Gasteiger partial charge in [0.25, 0.3) is 0 Å². The smallest absolute Gasteiger partial charge is 0.166 e. The summed E-state index contributed by atoms with van der Waals surface area (Å²) in [5.41, 5.74) is 0. The van der Waals surface area contributed by atoms with Gasteiger partial charge in [0.05, 0.1) is 12.4 Å². The van der Waals surface area contributed by atoms with E-state index in [0.717, 1.165) is 0 Å². The zero-order valence-electron chi connectivity index (χ0n) is 9.95. The van der Waals surface area contributed by atoms with Gasteiger partial charge in [-0.05, 0) is 25.6 Å². The minimum atomic E-state index is -2.88. The van der Waals surface area contributed by atoms with Gasteiger partial charge in [0.15, 0.2) is 5.11 Å². The van der Waals surface area contributed by atoms with Gasteiger partial charge < -0.3 is 15.4 Å². The van der Waals surface area contributed by atoms with E-state index in [1.54, 1.807) is 7.11 Å². The molecule has 16 heavy (non-hydrogen) atoms. The summed E-state index contributed by atoms with van der Waals surface area (Å²) >= 11 is 5.02. The first-order valence-corrected chi connectivity index (χ1v) is 7.53. The molecule has 1 unspecified atom stereocenters. The van der Waals surface area contributed by atoms with Crippen LogP contribution in [-0.2, 0) is 14.6 Å². The van der Waals surface area contributed by atoms with Gasteiger partial charge in [-0.15, -0.1) is 0 Å². The first-order chi connectivity index (χ1) is 7.35. The molecule has 1 atom stereocenters. The van der Waals surface area contributed by atoms with Crippen molar-refractivity contribution in [2.45, 2.75) is 19.4 Å². The van der Waals surface area contributed by atoms with Crippen LogP contribution in [0.3, 0.4) is 0 Å². The molecule has 0 aromatic heterocycles. The van der Waals surface area contributed by atoms with E-state index >= 15 is 0 Å². The quantitative estimate of drug-likeness (QED) is 0.497. The van der Waals surface area contributed by atoms with Crippen LogP contribution in [0.1, 0.15) is 13.3 Å². The van der Waals surface area contributed by atoms with E-state index in [1.807, 2.05) is 6.92 Å². The third-order valence-corrected chi connectivity index (χ3v) is 3.06. The van der Waals surface area contributed by atoms with E-state index in [0.29, 0.717) is 24.7 Å². The molecule has 0 aliphatic rings. The van der Waals surface area contributed by atoms with E-state index in [1.165, 1.54) is 6.26 Å². The van der Waals surface area contributed by atoms with E-state index in [4.69, 9.17) is 17.0 Å². The molecule has 0 fully saturated rings. The van der Waals surface area contributed by atoms with Gasteiger partial charge >= 0.3 is 0 Å². The van der Waals surface area contributed by atoms with E-state index in [9.17, 15) is 8.42 Å². The molecule has 0 heterocycles. The summed E-state index contributed by atoms with van der Waals surface area (Å²) in [5.74, 6) is 0.177. The molecule has 0 radical (unpaired) electrons. The van der Waals surface area contributed by atoms with E-state index in [2.05, 4.69) is 10.6 Å². The summed E-state index contributed by atoms with van der Waals surface area (Å²) in [6.07, 6.45) is 1.78. The van der Waals surface area contributed by atoms with Gasteiger partial charge in [-0.2, -0.15) is 0 Å². The Balaban J connectivity index is 3.59. The third-order valence-electron chi connectivity index (χ3n) is 1.77. The summed E-state index contributed by atoms with van der Waals surface area (Å²) in [5, 5.41) is 6.50. The Kier molecular flexibility index (Phi) is 7.61. The molecule has 0 aromatic rings. The molecule has 0 bridgehead atoms. The Hall–Kier alpha value is -0.400. The Morgan fingerprint density at radius 3 is 2.62 bits per heavy atom. The lowest BCUT2D eigenvalue weighted by atomic mass is 10.4. The van der Waals surface area contributed by atoms with Crippen LogP contribution in [-0.4, -0.2) is 51.8 Å². The molecule has 7 heteroatoms. The van der Waals surface area contributed by atoms with E-state index < -0.39 is 9.84 Å². The fourth-order valence-corrected chi connectivity index (χ4v) is 2.07. The van der Waals surface area contributed by atoms with Crippen molar-refractivity contribution in [2.75, 3.05) is 32.3 Å². The molecular weight excluding hydrogens is 248 g/mol.